The van der Waals surface area contributed by atoms with Crippen LogP contribution in [0.4, 0.5) is 5.13 Å². The highest BCUT2D eigenvalue weighted by molar-refractivity contribution is 7.89. The molecule has 0 N–H and O–H groups in total. The van der Waals surface area contributed by atoms with Crippen LogP contribution in [0, 0.1) is 5.92 Å². The lowest BCUT2D eigenvalue weighted by molar-refractivity contribution is 0.0983. The molecule has 1 aliphatic heterocycles. The van der Waals surface area contributed by atoms with Crippen molar-refractivity contribution < 1.29 is 17.9 Å². The number of thiazole rings is 1. The van der Waals surface area contributed by atoms with Crippen molar-refractivity contribution in [2.45, 2.75) is 38.5 Å². The van der Waals surface area contributed by atoms with Gasteiger partial charge in [0.1, 0.15) is 5.75 Å². The predicted molar refractivity (Wildman–Crippen MR) is 156 cm³/mol. The second kappa shape index (κ2) is 13.2. The Bertz CT molecular complexity index is 1330. The first-order valence-electron chi connectivity index (χ1n) is 12.9. The Kier molecular flexibility index (Phi) is 10.5. The molecule has 2 aromatic carbocycles. The van der Waals surface area contributed by atoms with Crippen LogP contribution in [0.5, 0.6) is 5.75 Å². The largest absolute Gasteiger partial charge is 0.497 e. The monoisotopic (exact) mass is 580 g/mol. The van der Waals surface area contributed by atoms with Crippen LogP contribution in [0.25, 0.3) is 10.2 Å². The number of piperidine rings is 1. The Morgan fingerprint density at radius 1 is 1.13 bits per heavy atom. The van der Waals surface area contributed by atoms with Crippen LogP contribution < -0.4 is 9.64 Å². The van der Waals surface area contributed by atoms with Crippen LogP contribution in [-0.4, -0.2) is 74.9 Å². The molecule has 1 unspecified atom stereocenters. The minimum atomic E-state index is -3.58. The highest BCUT2D eigenvalue weighted by atomic mass is 35.5. The molecule has 0 spiro atoms. The lowest BCUT2D eigenvalue weighted by atomic mass is 10.0. The van der Waals surface area contributed by atoms with Crippen LogP contribution in [0.2, 0.25) is 0 Å². The summed E-state index contributed by atoms with van der Waals surface area (Å²) in [7, 11) is -1.97. The van der Waals surface area contributed by atoms with Crippen molar-refractivity contribution in [1.29, 1.82) is 0 Å². The molecule has 38 heavy (non-hydrogen) atoms. The number of carbonyl (C=O) groups excluding carboxylic acids is 1. The van der Waals surface area contributed by atoms with Crippen LogP contribution in [0.1, 0.15) is 44.0 Å². The normalized spacial score (nSPS) is 16.4. The van der Waals surface area contributed by atoms with Gasteiger partial charge in [0.05, 0.1) is 22.2 Å². The van der Waals surface area contributed by atoms with Gasteiger partial charge >= 0.3 is 0 Å². The third kappa shape index (κ3) is 6.66. The van der Waals surface area contributed by atoms with Crippen molar-refractivity contribution in [2.24, 2.45) is 5.92 Å². The summed E-state index contributed by atoms with van der Waals surface area (Å²) in [5, 5.41) is 0.611. The van der Waals surface area contributed by atoms with Gasteiger partial charge < -0.3 is 9.64 Å². The number of aromatic nitrogens is 1. The Morgan fingerprint density at radius 3 is 2.47 bits per heavy atom. The van der Waals surface area contributed by atoms with Crippen molar-refractivity contribution in [1.82, 2.24) is 14.2 Å². The SMILES string of the molecule is CCN(CC)CCN(C(=O)c1ccc(S(=O)(=O)N2CCCC(C)C2)cc1)c1nc2cc(OC)ccc2s1.Cl. The number of methoxy groups -OCH3 is 1. The number of anilines is 1. The molecule has 1 saturated heterocycles. The zero-order valence-corrected chi connectivity index (χ0v) is 24.9. The number of likely N-dealkylation sites (N-methyl/N-ethyl adjacent to an activating group) is 1. The van der Waals surface area contributed by atoms with Gasteiger partial charge in [-0.15, -0.1) is 12.4 Å². The van der Waals surface area contributed by atoms with Crippen molar-refractivity contribution in [3.63, 3.8) is 0 Å². The summed E-state index contributed by atoms with van der Waals surface area (Å²) in [5.41, 5.74) is 1.21. The second-order valence-corrected chi connectivity index (χ2v) is 12.4. The maximum absolute atomic E-state index is 13.7. The van der Waals surface area contributed by atoms with Gasteiger partial charge in [-0.1, -0.05) is 32.1 Å². The third-order valence-corrected chi connectivity index (χ3v) is 9.89. The topological polar surface area (TPSA) is 83.1 Å². The fraction of sp³-hybridized carbons (Fsp3) is 0.481. The summed E-state index contributed by atoms with van der Waals surface area (Å²) >= 11 is 1.46. The van der Waals surface area contributed by atoms with Gasteiger partial charge in [0, 0.05) is 37.8 Å². The summed E-state index contributed by atoms with van der Waals surface area (Å²) in [6, 6.07) is 12.0. The van der Waals surface area contributed by atoms with Gasteiger partial charge in [-0.25, -0.2) is 13.4 Å². The molecule has 4 rings (SSSR count). The van der Waals surface area contributed by atoms with Gasteiger partial charge in [-0.3, -0.25) is 9.69 Å². The van der Waals surface area contributed by atoms with E-state index in [-0.39, 0.29) is 23.2 Å². The van der Waals surface area contributed by atoms with E-state index in [1.807, 2.05) is 18.2 Å². The van der Waals surface area contributed by atoms with E-state index in [4.69, 9.17) is 9.72 Å². The lowest BCUT2D eigenvalue weighted by Crippen LogP contribution is -2.39. The molecular formula is C27H37ClN4O4S2. The predicted octanol–water partition coefficient (Wildman–Crippen LogP) is 5.14. The number of hydrogen-bond acceptors (Lipinski definition) is 7. The standard InChI is InChI=1S/C27H36N4O4S2.ClH/c1-5-29(6-2)16-17-31(27-28-24-18-22(35-4)11-14-25(24)36-27)26(32)21-9-12-23(13-10-21)37(33,34)30-15-7-8-20(3)19-30;/h9-14,18,20H,5-8,15-17,19H2,1-4H3;1H. The smallest absolute Gasteiger partial charge is 0.260 e. The number of carbonyl (C=O) groups is 1. The minimum absolute atomic E-state index is 0. The number of sulfonamides is 1. The van der Waals surface area contributed by atoms with E-state index < -0.39 is 10.0 Å². The number of amides is 1. The molecule has 1 aromatic heterocycles. The van der Waals surface area contributed by atoms with Crippen LogP contribution in [0.15, 0.2) is 47.4 Å². The molecule has 1 fully saturated rings. The van der Waals surface area contributed by atoms with Gasteiger partial charge in [-0.2, -0.15) is 4.31 Å². The first-order valence-corrected chi connectivity index (χ1v) is 15.1. The zero-order valence-electron chi connectivity index (χ0n) is 22.4. The molecule has 0 saturated carbocycles. The summed E-state index contributed by atoms with van der Waals surface area (Å²) in [4.78, 5) is 22.7. The van der Waals surface area contributed by atoms with Crippen molar-refractivity contribution in [3.8, 4) is 5.75 Å². The van der Waals surface area contributed by atoms with Gasteiger partial charge in [0.15, 0.2) is 5.13 Å². The molecule has 3 aromatic rings. The summed E-state index contributed by atoms with van der Waals surface area (Å²) in [6.07, 6.45) is 1.91. The highest BCUT2D eigenvalue weighted by Gasteiger charge is 2.29. The molecule has 0 bridgehead atoms. The molecule has 1 atom stereocenters. The average molecular weight is 581 g/mol. The van der Waals surface area contributed by atoms with Crippen molar-refractivity contribution in [3.05, 3.63) is 48.0 Å². The maximum atomic E-state index is 13.7. The average Bonchev–Trinajstić information content (AvgIpc) is 3.34. The van der Waals surface area contributed by atoms with Crippen LogP contribution in [-0.2, 0) is 10.0 Å². The summed E-state index contributed by atoms with van der Waals surface area (Å²) in [5.74, 6) is 0.858. The van der Waals surface area contributed by atoms with Crippen LogP contribution >= 0.6 is 23.7 Å². The minimum Gasteiger partial charge on any atom is -0.497 e. The molecule has 1 amide bonds. The number of ether oxygens (including phenoxy) is 1. The Hall–Kier alpha value is -2.24. The van der Waals surface area contributed by atoms with Gasteiger partial charge in [0.2, 0.25) is 10.0 Å². The van der Waals surface area contributed by atoms with Crippen molar-refractivity contribution >= 4 is 55.0 Å². The fourth-order valence-corrected chi connectivity index (χ4v) is 7.21. The highest BCUT2D eigenvalue weighted by Crippen LogP contribution is 2.32. The quantitative estimate of drug-likeness (QED) is 0.330. The number of halogens is 1. The first kappa shape index (κ1) is 30.3. The van der Waals surface area contributed by atoms with Gasteiger partial charge in [0.25, 0.3) is 5.91 Å². The molecule has 0 aliphatic carbocycles. The first-order chi connectivity index (χ1) is 17.8. The number of fused-ring (bicyclic) bond motifs is 1. The van der Waals surface area contributed by atoms with Crippen molar-refractivity contribution in [2.75, 3.05) is 51.3 Å². The number of hydrogen-bond donors (Lipinski definition) is 0. The Labute approximate surface area is 236 Å². The molecule has 208 valence electrons. The molecule has 0 radical (unpaired) electrons. The summed E-state index contributed by atoms with van der Waals surface area (Å²) in [6.45, 7) is 10.3. The van der Waals surface area contributed by atoms with E-state index in [0.717, 1.165) is 36.1 Å². The number of benzene rings is 2. The molecule has 1 aliphatic rings. The van der Waals surface area contributed by atoms with Gasteiger partial charge in [-0.05, 0) is 68.2 Å². The maximum Gasteiger partial charge on any atom is 0.260 e. The fourth-order valence-electron chi connectivity index (χ4n) is 4.64. The Balaban J connectivity index is 0.00000400. The number of nitrogens with zero attached hydrogens (tertiary/aromatic N) is 4. The number of rotatable bonds is 10. The van der Waals surface area contributed by atoms with E-state index in [9.17, 15) is 13.2 Å². The van der Waals surface area contributed by atoms with Crippen LogP contribution in [0.3, 0.4) is 0 Å². The van der Waals surface area contributed by atoms with E-state index >= 15 is 0 Å². The van der Waals surface area contributed by atoms with E-state index in [2.05, 4.69) is 25.7 Å². The summed E-state index contributed by atoms with van der Waals surface area (Å²) < 4.78 is 34.2. The van der Waals surface area contributed by atoms with E-state index in [1.165, 1.54) is 11.3 Å². The van der Waals surface area contributed by atoms with E-state index in [0.29, 0.717) is 48.5 Å². The Morgan fingerprint density at radius 2 is 1.84 bits per heavy atom. The zero-order chi connectivity index (χ0) is 26.6. The third-order valence-electron chi connectivity index (χ3n) is 6.95. The van der Waals surface area contributed by atoms with E-state index in [1.54, 1.807) is 40.6 Å². The molecule has 2 heterocycles. The molecule has 11 heteroatoms. The molecule has 8 nitrogen and oxygen atoms in total. The lowest BCUT2D eigenvalue weighted by Gasteiger charge is -2.30. The molecular weight excluding hydrogens is 544 g/mol. The second-order valence-electron chi connectivity index (χ2n) is 9.45.